The summed E-state index contributed by atoms with van der Waals surface area (Å²) in [5, 5.41) is 2.54. The molecule has 2 aliphatic rings. The van der Waals surface area contributed by atoms with Crippen molar-refractivity contribution in [2.75, 3.05) is 23.4 Å². The Bertz CT molecular complexity index is 964. The van der Waals surface area contributed by atoms with Crippen molar-refractivity contribution in [3.05, 3.63) is 29.8 Å². The van der Waals surface area contributed by atoms with E-state index in [0.29, 0.717) is 12.1 Å². The highest BCUT2D eigenvalue weighted by molar-refractivity contribution is 7.91. The van der Waals surface area contributed by atoms with Crippen LogP contribution in [0.5, 0.6) is 0 Å². The van der Waals surface area contributed by atoms with Crippen LogP contribution in [0.4, 0.5) is 10.5 Å². The van der Waals surface area contributed by atoms with Gasteiger partial charge in [-0.2, -0.15) is 0 Å². The van der Waals surface area contributed by atoms with Gasteiger partial charge in [-0.3, -0.25) is 10.1 Å². The van der Waals surface area contributed by atoms with Crippen LogP contribution in [0.1, 0.15) is 50.4 Å². The van der Waals surface area contributed by atoms with Gasteiger partial charge in [0.25, 0.3) is 5.91 Å². The maximum atomic E-state index is 12.7. The molecule has 1 N–H and O–H groups in total. The number of hydrogen-bond acceptors (Lipinski definition) is 7. The molecule has 0 aromatic heterocycles. The molecule has 2 amide bonds. The number of carbonyl (C=O) groups is 3. The minimum absolute atomic E-state index is 0.0193. The molecule has 1 aliphatic heterocycles. The molecule has 1 heterocycles. The zero-order valence-corrected chi connectivity index (χ0v) is 18.7. The fraction of sp³-hybridized carbons (Fsp3) is 0.571. The monoisotopic (exact) mass is 452 g/mol. The van der Waals surface area contributed by atoms with Gasteiger partial charge in [-0.05, 0) is 58.2 Å². The summed E-state index contributed by atoms with van der Waals surface area (Å²) in [7, 11) is -3.13. The molecule has 0 bridgehead atoms. The number of rotatable bonds is 6. The van der Waals surface area contributed by atoms with E-state index in [9.17, 15) is 22.8 Å². The zero-order chi connectivity index (χ0) is 22.8. The number of nitrogens with one attached hydrogen (secondary N) is 1. The van der Waals surface area contributed by atoms with Crippen molar-refractivity contribution < 1.29 is 32.3 Å². The van der Waals surface area contributed by atoms with E-state index in [-0.39, 0.29) is 35.1 Å². The smallest absolute Gasteiger partial charge is 0.412 e. The normalized spacial score (nSPS) is 20.0. The lowest BCUT2D eigenvalue weighted by atomic mass is 10.2. The van der Waals surface area contributed by atoms with Crippen LogP contribution >= 0.6 is 0 Å². The van der Waals surface area contributed by atoms with E-state index in [1.807, 2.05) is 0 Å². The maximum Gasteiger partial charge on any atom is 0.412 e. The molecule has 0 spiro atoms. The van der Waals surface area contributed by atoms with E-state index in [0.717, 1.165) is 12.8 Å². The standard InChI is InChI=1S/C21H28N2O7S/c1-21(2,3)30-20(26)22-15-6-4-5-14(11-15)19(25)29-12-18(24)23(16-7-8-16)17-9-10-31(27,28)13-17/h4-6,11,16-17H,7-10,12-13H2,1-3H3,(H,22,26)/t17-/m0/s1. The van der Waals surface area contributed by atoms with Gasteiger partial charge in [-0.15, -0.1) is 0 Å². The third-order valence-corrected chi connectivity index (χ3v) is 6.65. The maximum absolute atomic E-state index is 12.7. The molecule has 0 unspecified atom stereocenters. The van der Waals surface area contributed by atoms with Crippen LogP contribution in [0, 0.1) is 0 Å². The second-order valence-corrected chi connectivity index (χ2v) is 11.1. The summed E-state index contributed by atoms with van der Waals surface area (Å²) >= 11 is 0. The average Bonchev–Trinajstić information content (AvgIpc) is 3.41. The Morgan fingerprint density at radius 3 is 2.42 bits per heavy atom. The highest BCUT2D eigenvalue weighted by atomic mass is 32.2. The third kappa shape index (κ3) is 6.68. The van der Waals surface area contributed by atoms with Gasteiger partial charge in [-0.1, -0.05) is 6.07 Å². The van der Waals surface area contributed by atoms with Crippen molar-refractivity contribution in [2.24, 2.45) is 0 Å². The van der Waals surface area contributed by atoms with Crippen LogP contribution in [-0.4, -0.2) is 67.1 Å². The predicted octanol–water partition coefficient (Wildman–Crippen LogP) is 2.37. The number of esters is 1. The van der Waals surface area contributed by atoms with E-state index < -0.39 is 34.1 Å². The van der Waals surface area contributed by atoms with Gasteiger partial charge in [0.1, 0.15) is 5.60 Å². The van der Waals surface area contributed by atoms with E-state index in [1.54, 1.807) is 37.8 Å². The minimum Gasteiger partial charge on any atom is -0.452 e. The Balaban J connectivity index is 1.57. The summed E-state index contributed by atoms with van der Waals surface area (Å²) < 4.78 is 33.9. The summed E-state index contributed by atoms with van der Waals surface area (Å²) in [4.78, 5) is 38.6. The van der Waals surface area contributed by atoms with E-state index in [2.05, 4.69) is 5.32 Å². The second kappa shape index (κ2) is 8.86. The van der Waals surface area contributed by atoms with Crippen LogP contribution in [0.15, 0.2) is 24.3 Å². The van der Waals surface area contributed by atoms with Gasteiger partial charge >= 0.3 is 12.1 Å². The molecule has 9 nitrogen and oxygen atoms in total. The topological polar surface area (TPSA) is 119 Å². The number of amides is 2. The van der Waals surface area contributed by atoms with Crippen molar-refractivity contribution in [1.29, 1.82) is 0 Å². The summed E-state index contributed by atoms with van der Waals surface area (Å²) in [6, 6.07) is 5.77. The number of hydrogen-bond donors (Lipinski definition) is 1. The first-order chi connectivity index (χ1) is 14.4. The Morgan fingerprint density at radius 2 is 1.84 bits per heavy atom. The number of sulfone groups is 1. The van der Waals surface area contributed by atoms with Crippen LogP contribution in [0.2, 0.25) is 0 Å². The number of benzene rings is 1. The Labute approximate surface area is 182 Å². The summed E-state index contributed by atoms with van der Waals surface area (Å²) in [6.07, 6.45) is 1.42. The third-order valence-electron chi connectivity index (χ3n) is 4.90. The fourth-order valence-corrected chi connectivity index (χ4v) is 5.19. The zero-order valence-electron chi connectivity index (χ0n) is 17.9. The lowest BCUT2D eigenvalue weighted by Crippen LogP contribution is -2.44. The lowest BCUT2D eigenvalue weighted by molar-refractivity contribution is -0.137. The van der Waals surface area contributed by atoms with Crippen molar-refractivity contribution in [2.45, 2.75) is 57.7 Å². The summed E-state index contributed by atoms with van der Waals surface area (Å²) in [6.45, 7) is 4.76. The van der Waals surface area contributed by atoms with Crippen molar-refractivity contribution in [3.8, 4) is 0 Å². The molecule has 1 aromatic carbocycles. The molecule has 170 valence electrons. The van der Waals surface area contributed by atoms with E-state index >= 15 is 0 Å². The molecule has 1 saturated heterocycles. The fourth-order valence-electron chi connectivity index (χ4n) is 3.48. The Kier molecular flexibility index (Phi) is 6.59. The quantitative estimate of drug-likeness (QED) is 0.658. The molecule has 3 rings (SSSR count). The van der Waals surface area contributed by atoms with Crippen LogP contribution < -0.4 is 5.32 Å². The van der Waals surface area contributed by atoms with Crippen molar-refractivity contribution >= 4 is 33.5 Å². The largest absolute Gasteiger partial charge is 0.452 e. The molecular formula is C21H28N2O7S. The Morgan fingerprint density at radius 1 is 1.13 bits per heavy atom. The highest BCUT2D eigenvalue weighted by Crippen LogP contribution is 2.32. The number of nitrogens with zero attached hydrogens (tertiary/aromatic N) is 1. The molecule has 1 aliphatic carbocycles. The van der Waals surface area contributed by atoms with E-state index in [4.69, 9.17) is 9.47 Å². The van der Waals surface area contributed by atoms with Gasteiger partial charge in [0, 0.05) is 17.8 Å². The first kappa shape index (κ1) is 23.1. The minimum atomic E-state index is -3.13. The van der Waals surface area contributed by atoms with Crippen molar-refractivity contribution in [3.63, 3.8) is 0 Å². The number of ether oxygens (including phenoxy) is 2. The Hall–Kier alpha value is -2.62. The first-order valence-corrected chi connectivity index (χ1v) is 12.0. The van der Waals surface area contributed by atoms with Gasteiger partial charge in [0.05, 0.1) is 17.1 Å². The van der Waals surface area contributed by atoms with Crippen LogP contribution in [0.25, 0.3) is 0 Å². The molecule has 1 aromatic rings. The first-order valence-electron chi connectivity index (χ1n) is 10.2. The van der Waals surface area contributed by atoms with Crippen LogP contribution in [0.3, 0.4) is 0 Å². The predicted molar refractivity (Wildman–Crippen MR) is 114 cm³/mol. The number of anilines is 1. The van der Waals surface area contributed by atoms with E-state index in [1.165, 1.54) is 12.1 Å². The molecular weight excluding hydrogens is 424 g/mol. The molecule has 0 radical (unpaired) electrons. The molecule has 2 fully saturated rings. The molecule has 1 saturated carbocycles. The SMILES string of the molecule is CC(C)(C)OC(=O)Nc1cccc(C(=O)OCC(=O)N(C2CC2)[C@H]2CCS(=O)(=O)C2)c1. The summed E-state index contributed by atoms with van der Waals surface area (Å²) in [5.41, 5.74) is -0.138. The molecule has 31 heavy (non-hydrogen) atoms. The van der Waals surface area contributed by atoms with Gasteiger partial charge in [0.15, 0.2) is 16.4 Å². The highest BCUT2D eigenvalue weighted by Gasteiger charge is 2.42. The van der Waals surface area contributed by atoms with Gasteiger partial charge in [-0.25, -0.2) is 18.0 Å². The number of carbonyl (C=O) groups excluding carboxylic acids is 3. The summed E-state index contributed by atoms with van der Waals surface area (Å²) in [5.74, 6) is -1.07. The average molecular weight is 453 g/mol. The van der Waals surface area contributed by atoms with Gasteiger partial charge in [0.2, 0.25) is 0 Å². The lowest BCUT2D eigenvalue weighted by Gasteiger charge is -2.28. The van der Waals surface area contributed by atoms with Crippen LogP contribution in [-0.2, 0) is 24.1 Å². The van der Waals surface area contributed by atoms with Crippen molar-refractivity contribution in [1.82, 2.24) is 4.90 Å². The molecule has 10 heteroatoms. The van der Waals surface area contributed by atoms with Gasteiger partial charge < -0.3 is 14.4 Å². The molecule has 1 atom stereocenters. The second-order valence-electron chi connectivity index (χ2n) is 8.87.